The number of hydrogen-bond donors (Lipinski definition) is 1. The van der Waals surface area contributed by atoms with Gasteiger partial charge in [-0.2, -0.15) is 5.10 Å². The summed E-state index contributed by atoms with van der Waals surface area (Å²) in [7, 11) is 0. The molecule has 7 heteroatoms. The number of aromatic nitrogens is 2. The van der Waals surface area contributed by atoms with Crippen LogP contribution >= 0.6 is 24.0 Å². The van der Waals surface area contributed by atoms with E-state index in [1.54, 1.807) is 10.7 Å². The van der Waals surface area contributed by atoms with E-state index >= 15 is 0 Å². The standard InChI is InChI=1S/C18H21ClN4O.ClH/c19-15-2-1-3-16(10-15)23-9-6-17(21-23)18(24)22-7-4-13-11-20-12-14(13)5-8-22;/h1-3,6,9-10,13-14,20H,4-5,7-8,11-12H2;1H/t13-,14+;. The minimum Gasteiger partial charge on any atom is -0.337 e. The van der Waals surface area contributed by atoms with Crippen molar-refractivity contribution in [1.29, 1.82) is 0 Å². The summed E-state index contributed by atoms with van der Waals surface area (Å²) in [5, 5.41) is 8.57. The molecule has 2 aliphatic heterocycles. The van der Waals surface area contributed by atoms with Crippen molar-refractivity contribution >= 4 is 29.9 Å². The first-order chi connectivity index (χ1) is 11.7. The molecule has 1 N–H and O–H groups in total. The van der Waals surface area contributed by atoms with E-state index in [-0.39, 0.29) is 18.3 Å². The maximum absolute atomic E-state index is 12.8. The molecular formula is C18H22Cl2N4O. The number of carbonyl (C=O) groups excluding carboxylic acids is 1. The molecule has 1 amide bonds. The fourth-order valence-electron chi connectivity index (χ4n) is 3.78. The summed E-state index contributed by atoms with van der Waals surface area (Å²) in [6.45, 7) is 3.84. The van der Waals surface area contributed by atoms with Crippen molar-refractivity contribution in [3.63, 3.8) is 0 Å². The summed E-state index contributed by atoms with van der Waals surface area (Å²) in [6.07, 6.45) is 3.98. The smallest absolute Gasteiger partial charge is 0.274 e. The molecule has 5 nitrogen and oxygen atoms in total. The average molecular weight is 381 g/mol. The maximum atomic E-state index is 12.8. The van der Waals surface area contributed by atoms with Gasteiger partial charge in [0.15, 0.2) is 5.69 Å². The summed E-state index contributed by atoms with van der Waals surface area (Å²) in [5.41, 5.74) is 1.36. The summed E-state index contributed by atoms with van der Waals surface area (Å²) >= 11 is 6.03. The van der Waals surface area contributed by atoms with Crippen LogP contribution in [0, 0.1) is 11.8 Å². The van der Waals surface area contributed by atoms with E-state index in [2.05, 4.69) is 10.4 Å². The van der Waals surface area contributed by atoms with Crippen molar-refractivity contribution in [2.24, 2.45) is 11.8 Å². The molecule has 2 aliphatic rings. The van der Waals surface area contributed by atoms with Crippen LogP contribution in [-0.2, 0) is 0 Å². The Kier molecular flexibility index (Phi) is 5.67. The molecule has 3 heterocycles. The Labute approximate surface area is 158 Å². The van der Waals surface area contributed by atoms with Crippen molar-refractivity contribution < 1.29 is 4.79 Å². The molecule has 2 atom stereocenters. The highest BCUT2D eigenvalue weighted by molar-refractivity contribution is 6.30. The minimum absolute atomic E-state index is 0. The van der Waals surface area contributed by atoms with Gasteiger partial charge in [-0.05, 0) is 62.0 Å². The van der Waals surface area contributed by atoms with Gasteiger partial charge < -0.3 is 10.2 Å². The van der Waals surface area contributed by atoms with Crippen LogP contribution in [0.4, 0.5) is 0 Å². The quantitative estimate of drug-likeness (QED) is 0.870. The van der Waals surface area contributed by atoms with Gasteiger partial charge in [0.1, 0.15) is 0 Å². The van der Waals surface area contributed by atoms with Gasteiger partial charge in [0.05, 0.1) is 5.69 Å². The van der Waals surface area contributed by atoms with Crippen molar-refractivity contribution in [3.05, 3.63) is 47.2 Å². The summed E-state index contributed by atoms with van der Waals surface area (Å²) < 4.78 is 1.70. The molecule has 2 aromatic rings. The second-order valence-corrected chi connectivity index (χ2v) is 7.11. The van der Waals surface area contributed by atoms with Gasteiger partial charge >= 0.3 is 0 Å². The molecule has 0 aliphatic carbocycles. The Bertz CT molecular complexity index is 734. The molecule has 0 bridgehead atoms. The number of rotatable bonds is 2. The van der Waals surface area contributed by atoms with Crippen LogP contribution < -0.4 is 5.32 Å². The maximum Gasteiger partial charge on any atom is 0.274 e. The third kappa shape index (κ3) is 3.84. The largest absolute Gasteiger partial charge is 0.337 e. The highest BCUT2D eigenvalue weighted by Gasteiger charge is 2.32. The second kappa shape index (κ2) is 7.77. The minimum atomic E-state index is 0. The number of nitrogens with one attached hydrogen (secondary N) is 1. The predicted octanol–water partition coefficient (Wildman–Crippen LogP) is 3.02. The molecular weight excluding hydrogens is 359 g/mol. The Morgan fingerprint density at radius 2 is 1.88 bits per heavy atom. The van der Waals surface area contributed by atoms with E-state index in [1.807, 2.05) is 35.4 Å². The van der Waals surface area contributed by atoms with E-state index in [0.29, 0.717) is 22.6 Å². The third-order valence-corrected chi connectivity index (χ3v) is 5.42. The fourth-order valence-corrected chi connectivity index (χ4v) is 3.97. The molecule has 25 heavy (non-hydrogen) atoms. The summed E-state index contributed by atoms with van der Waals surface area (Å²) in [4.78, 5) is 14.8. The molecule has 0 spiro atoms. The Hall–Kier alpha value is -1.56. The molecule has 2 fully saturated rings. The van der Waals surface area contributed by atoms with Crippen molar-refractivity contribution in [2.45, 2.75) is 12.8 Å². The monoisotopic (exact) mass is 380 g/mol. The second-order valence-electron chi connectivity index (χ2n) is 6.67. The summed E-state index contributed by atoms with van der Waals surface area (Å²) in [5.74, 6) is 1.46. The highest BCUT2D eigenvalue weighted by atomic mass is 35.5. The Balaban J connectivity index is 0.00000182. The van der Waals surface area contributed by atoms with E-state index in [4.69, 9.17) is 11.6 Å². The number of benzene rings is 1. The fraction of sp³-hybridized carbons (Fsp3) is 0.444. The lowest BCUT2D eigenvalue weighted by Gasteiger charge is -2.19. The lowest BCUT2D eigenvalue weighted by Crippen LogP contribution is -2.33. The molecule has 1 aromatic carbocycles. The third-order valence-electron chi connectivity index (χ3n) is 5.19. The molecule has 0 saturated carbocycles. The van der Waals surface area contributed by atoms with Crippen LogP contribution in [0.3, 0.4) is 0 Å². The number of halogens is 2. The lowest BCUT2D eigenvalue weighted by molar-refractivity contribution is 0.0752. The Morgan fingerprint density at radius 3 is 2.56 bits per heavy atom. The first-order valence-electron chi connectivity index (χ1n) is 8.52. The average Bonchev–Trinajstić information content (AvgIpc) is 3.20. The number of likely N-dealkylation sites (tertiary alicyclic amines) is 1. The van der Waals surface area contributed by atoms with Crippen LogP contribution in [0.2, 0.25) is 5.02 Å². The topological polar surface area (TPSA) is 50.2 Å². The van der Waals surface area contributed by atoms with Gasteiger partial charge in [0.2, 0.25) is 0 Å². The van der Waals surface area contributed by atoms with Crippen LogP contribution in [-0.4, -0.2) is 46.8 Å². The zero-order valence-electron chi connectivity index (χ0n) is 13.9. The van der Waals surface area contributed by atoms with Gasteiger partial charge in [0.25, 0.3) is 5.91 Å². The lowest BCUT2D eigenvalue weighted by atomic mass is 9.92. The highest BCUT2D eigenvalue weighted by Crippen LogP contribution is 2.27. The van der Waals surface area contributed by atoms with E-state index < -0.39 is 0 Å². The molecule has 2 saturated heterocycles. The summed E-state index contributed by atoms with van der Waals surface area (Å²) in [6, 6.07) is 9.25. The first-order valence-corrected chi connectivity index (χ1v) is 8.90. The van der Waals surface area contributed by atoms with Crippen molar-refractivity contribution in [3.8, 4) is 5.69 Å². The molecule has 0 unspecified atom stereocenters. The van der Waals surface area contributed by atoms with Gasteiger partial charge in [0, 0.05) is 24.3 Å². The van der Waals surface area contributed by atoms with Crippen LogP contribution in [0.5, 0.6) is 0 Å². The van der Waals surface area contributed by atoms with Crippen LogP contribution in [0.25, 0.3) is 5.69 Å². The van der Waals surface area contributed by atoms with Crippen molar-refractivity contribution in [2.75, 3.05) is 26.2 Å². The molecule has 134 valence electrons. The van der Waals surface area contributed by atoms with Gasteiger partial charge in [-0.15, -0.1) is 12.4 Å². The van der Waals surface area contributed by atoms with Gasteiger partial charge in [-0.25, -0.2) is 4.68 Å². The number of nitrogens with zero attached hydrogens (tertiary/aromatic N) is 3. The number of hydrogen-bond acceptors (Lipinski definition) is 3. The normalized spacial score (nSPS) is 22.8. The zero-order valence-corrected chi connectivity index (χ0v) is 15.5. The number of carbonyl (C=O) groups is 1. The molecule has 4 rings (SSSR count). The van der Waals surface area contributed by atoms with Crippen molar-refractivity contribution in [1.82, 2.24) is 20.0 Å². The van der Waals surface area contributed by atoms with E-state index in [9.17, 15) is 4.79 Å². The zero-order chi connectivity index (χ0) is 16.5. The predicted molar refractivity (Wildman–Crippen MR) is 101 cm³/mol. The number of amides is 1. The molecule has 1 aromatic heterocycles. The van der Waals surface area contributed by atoms with Crippen LogP contribution in [0.15, 0.2) is 36.5 Å². The molecule has 0 radical (unpaired) electrons. The van der Waals surface area contributed by atoms with Gasteiger partial charge in [-0.1, -0.05) is 17.7 Å². The first kappa shape index (κ1) is 18.2. The van der Waals surface area contributed by atoms with Crippen LogP contribution in [0.1, 0.15) is 23.3 Å². The SMILES string of the molecule is Cl.O=C(c1ccn(-c2cccc(Cl)c2)n1)N1CC[C@@H]2CNC[C@@H]2CC1. The number of fused-ring (bicyclic) bond motifs is 1. The Morgan fingerprint density at radius 1 is 1.16 bits per heavy atom. The van der Waals surface area contributed by atoms with E-state index in [1.165, 1.54) is 0 Å². The van der Waals surface area contributed by atoms with Gasteiger partial charge in [-0.3, -0.25) is 4.79 Å². The van der Waals surface area contributed by atoms with E-state index in [0.717, 1.165) is 44.7 Å².